The summed E-state index contributed by atoms with van der Waals surface area (Å²) in [6.45, 7) is 10.4. The van der Waals surface area contributed by atoms with E-state index in [1.54, 1.807) is 0 Å². The van der Waals surface area contributed by atoms with Crippen LogP contribution < -0.4 is 15.4 Å². The molecule has 0 heterocycles. The normalized spacial score (nSPS) is 11.4. The maximum atomic E-state index is 12.3. The minimum atomic E-state index is -0.0928. The first-order valence-electron chi connectivity index (χ1n) is 11.6. The number of rotatable bonds is 14. The predicted molar refractivity (Wildman–Crippen MR) is 137 cm³/mol. The number of amides is 2. The molecule has 0 saturated carbocycles. The van der Waals surface area contributed by atoms with E-state index in [-0.39, 0.29) is 30.1 Å². The Morgan fingerprint density at radius 2 is 1.58 bits per heavy atom. The van der Waals surface area contributed by atoms with Crippen LogP contribution in [0.5, 0.6) is 5.75 Å². The molecular weight excluding hydrogens is 438 g/mol. The van der Waals surface area contributed by atoms with Gasteiger partial charge in [0.15, 0.2) is 0 Å². The highest BCUT2D eigenvalue weighted by molar-refractivity contribution is 5.91. The second-order valence-corrected chi connectivity index (χ2v) is 8.09. The molecule has 6 nitrogen and oxygen atoms in total. The zero-order valence-corrected chi connectivity index (χ0v) is 20.8. The molecule has 2 N–H and O–H groups in total. The fourth-order valence-electron chi connectivity index (χ4n) is 3.44. The summed E-state index contributed by atoms with van der Waals surface area (Å²) < 4.78 is 5.77. The molecule has 2 aromatic carbocycles. The highest BCUT2D eigenvalue weighted by Crippen LogP contribution is 2.18. The number of nitrogens with one attached hydrogen (secondary N) is 2. The van der Waals surface area contributed by atoms with Gasteiger partial charge in [0, 0.05) is 25.1 Å². The molecule has 2 amide bonds. The molecule has 0 aliphatic heterocycles. The number of hydrogen-bond acceptors (Lipinski definition) is 4. The molecule has 0 radical (unpaired) electrons. The minimum absolute atomic E-state index is 0. The van der Waals surface area contributed by atoms with Gasteiger partial charge in [0.25, 0.3) is 0 Å². The number of ether oxygens (including phenoxy) is 1. The average molecular weight is 476 g/mol. The lowest BCUT2D eigenvalue weighted by Crippen LogP contribution is -2.31. The van der Waals surface area contributed by atoms with Gasteiger partial charge in [-0.3, -0.25) is 9.59 Å². The van der Waals surface area contributed by atoms with Gasteiger partial charge in [-0.05, 0) is 61.8 Å². The number of carbonyl (C=O) groups is 2. The molecule has 0 saturated heterocycles. The minimum Gasteiger partial charge on any atom is -0.489 e. The van der Waals surface area contributed by atoms with Gasteiger partial charge < -0.3 is 20.3 Å². The number of benzene rings is 2. The second kappa shape index (κ2) is 16.1. The predicted octanol–water partition coefficient (Wildman–Crippen LogP) is 4.89. The van der Waals surface area contributed by atoms with Crippen molar-refractivity contribution in [2.45, 2.75) is 46.6 Å². The van der Waals surface area contributed by atoms with Gasteiger partial charge in [-0.15, -0.1) is 12.4 Å². The third-order valence-electron chi connectivity index (χ3n) is 5.32. The van der Waals surface area contributed by atoms with E-state index in [4.69, 9.17) is 4.74 Å². The maximum Gasteiger partial charge on any atom is 0.224 e. The van der Waals surface area contributed by atoms with Crippen LogP contribution in [0.25, 0.3) is 0 Å². The van der Waals surface area contributed by atoms with E-state index in [9.17, 15) is 9.59 Å². The number of hydrogen-bond donors (Lipinski definition) is 2. The van der Waals surface area contributed by atoms with Crippen LogP contribution in [0, 0.1) is 5.92 Å². The molecule has 2 aromatic rings. The summed E-state index contributed by atoms with van der Waals surface area (Å²) in [5, 5.41) is 5.85. The lowest BCUT2D eigenvalue weighted by atomic mass is 10.0. The van der Waals surface area contributed by atoms with Gasteiger partial charge in [-0.25, -0.2) is 0 Å². The van der Waals surface area contributed by atoms with Crippen LogP contribution in [0.1, 0.15) is 45.6 Å². The molecule has 0 aliphatic carbocycles. The van der Waals surface area contributed by atoms with Crippen molar-refractivity contribution in [3.8, 4) is 5.75 Å². The van der Waals surface area contributed by atoms with Crippen molar-refractivity contribution in [2.24, 2.45) is 5.92 Å². The van der Waals surface area contributed by atoms with E-state index >= 15 is 0 Å². The van der Waals surface area contributed by atoms with Crippen LogP contribution in [0.2, 0.25) is 0 Å². The SMILES string of the molecule is CCN(CC)CCCNC(=O)CC(C)CC(=O)Nc1ccc(OCc2ccccc2)cc1.Cl. The van der Waals surface area contributed by atoms with Gasteiger partial charge in [-0.1, -0.05) is 51.1 Å². The number of halogens is 1. The van der Waals surface area contributed by atoms with E-state index < -0.39 is 0 Å². The largest absolute Gasteiger partial charge is 0.489 e. The third kappa shape index (κ3) is 11.7. The van der Waals surface area contributed by atoms with Crippen molar-refractivity contribution in [2.75, 3.05) is 31.5 Å². The summed E-state index contributed by atoms with van der Waals surface area (Å²) in [6.07, 6.45) is 1.59. The molecule has 1 atom stereocenters. The first-order chi connectivity index (χ1) is 15.5. The smallest absolute Gasteiger partial charge is 0.224 e. The quantitative estimate of drug-likeness (QED) is 0.381. The third-order valence-corrected chi connectivity index (χ3v) is 5.32. The van der Waals surface area contributed by atoms with E-state index in [2.05, 4.69) is 29.4 Å². The molecule has 0 spiro atoms. The molecule has 0 aliphatic rings. The van der Waals surface area contributed by atoms with E-state index in [0.29, 0.717) is 26.0 Å². The van der Waals surface area contributed by atoms with Gasteiger partial charge in [0.1, 0.15) is 12.4 Å². The fourth-order valence-corrected chi connectivity index (χ4v) is 3.44. The molecular formula is C26H38ClN3O3. The Morgan fingerprint density at radius 1 is 0.939 bits per heavy atom. The van der Waals surface area contributed by atoms with Crippen LogP contribution in [0.15, 0.2) is 54.6 Å². The van der Waals surface area contributed by atoms with Crippen molar-refractivity contribution < 1.29 is 14.3 Å². The molecule has 1 unspecified atom stereocenters. The van der Waals surface area contributed by atoms with Gasteiger partial charge >= 0.3 is 0 Å². The summed E-state index contributed by atoms with van der Waals surface area (Å²) in [5.74, 6) is 0.638. The number of carbonyl (C=O) groups excluding carboxylic acids is 2. The first kappa shape index (κ1) is 28.5. The Labute approximate surface area is 204 Å². The Hall–Kier alpha value is -2.57. The lowest BCUT2D eigenvalue weighted by Gasteiger charge is -2.18. The topological polar surface area (TPSA) is 70.7 Å². The van der Waals surface area contributed by atoms with Gasteiger partial charge in [-0.2, -0.15) is 0 Å². The van der Waals surface area contributed by atoms with Crippen LogP contribution in [0.4, 0.5) is 5.69 Å². The van der Waals surface area contributed by atoms with Crippen molar-refractivity contribution in [3.63, 3.8) is 0 Å². The van der Waals surface area contributed by atoms with Crippen molar-refractivity contribution >= 4 is 29.9 Å². The van der Waals surface area contributed by atoms with Gasteiger partial charge in [0.2, 0.25) is 11.8 Å². The van der Waals surface area contributed by atoms with Gasteiger partial charge in [0.05, 0.1) is 0 Å². The van der Waals surface area contributed by atoms with E-state index in [1.165, 1.54) is 0 Å². The van der Waals surface area contributed by atoms with Crippen molar-refractivity contribution in [3.05, 3.63) is 60.2 Å². The van der Waals surface area contributed by atoms with E-state index in [1.807, 2.05) is 61.5 Å². The Morgan fingerprint density at radius 3 is 2.21 bits per heavy atom. The second-order valence-electron chi connectivity index (χ2n) is 8.09. The van der Waals surface area contributed by atoms with Crippen molar-refractivity contribution in [1.82, 2.24) is 10.2 Å². The van der Waals surface area contributed by atoms with Crippen LogP contribution in [0.3, 0.4) is 0 Å². The molecule has 2 rings (SSSR count). The standard InChI is InChI=1S/C26H37N3O3.ClH/c1-4-29(5-2)17-9-16-27-25(30)18-21(3)19-26(31)28-23-12-14-24(15-13-23)32-20-22-10-7-6-8-11-22;/h6-8,10-15,21H,4-5,9,16-20H2,1-3H3,(H,27,30)(H,28,31);1H. The lowest BCUT2D eigenvalue weighted by molar-refractivity contribution is -0.122. The first-order valence-corrected chi connectivity index (χ1v) is 11.6. The van der Waals surface area contributed by atoms with E-state index in [0.717, 1.165) is 43.1 Å². The van der Waals surface area contributed by atoms with Crippen LogP contribution in [-0.4, -0.2) is 42.9 Å². The number of nitrogens with zero attached hydrogens (tertiary/aromatic N) is 1. The molecule has 33 heavy (non-hydrogen) atoms. The molecule has 7 heteroatoms. The number of anilines is 1. The molecule has 182 valence electrons. The zero-order chi connectivity index (χ0) is 23.2. The average Bonchev–Trinajstić information content (AvgIpc) is 2.79. The molecule has 0 bridgehead atoms. The highest BCUT2D eigenvalue weighted by atomic mass is 35.5. The summed E-state index contributed by atoms with van der Waals surface area (Å²) in [5.41, 5.74) is 1.82. The Balaban J connectivity index is 0.00000544. The molecule has 0 aromatic heterocycles. The molecule has 0 fully saturated rings. The Kier molecular flexibility index (Phi) is 13.9. The summed E-state index contributed by atoms with van der Waals surface area (Å²) in [4.78, 5) is 26.8. The van der Waals surface area contributed by atoms with Crippen LogP contribution in [-0.2, 0) is 16.2 Å². The zero-order valence-electron chi connectivity index (χ0n) is 20.0. The maximum absolute atomic E-state index is 12.3. The summed E-state index contributed by atoms with van der Waals surface area (Å²) >= 11 is 0. The van der Waals surface area contributed by atoms with Crippen molar-refractivity contribution in [1.29, 1.82) is 0 Å². The highest BCUT2D eigenvalue weighted by Gasteiger charge is 2.13. The monoisotopic (exact) mass is 475 g/mol. The van der Waals surface area contributed by atoms with Crippen LogP contribution >= 0.6 is 12.4 Å². The Bertz CT molecular complexity index is 811. The summed E-state index contributed by atoms with van der Waals surface area (Å²) in [6, 6.07) is 17.3. The summed E-state index contributed by atoms with van der Waals surface area (Å²) in [7, 11) is 0. The fraction of sp³-hybridized carbons (Fsp3) is 0.462.